The van der Waals surface area contributed by atoms with E-state index in [0.29, 0.717) is 26.1 Å². The molecule has 1 aliphatic rings. The van der Waals surface area contributed by atoms with Gasteiger partial charge in [-0.25, -0.2) is 0 Å². The van der Waals surface area contributed by atoms with Crippen LogP contribution in [0.3, 0.4) is 0 Å². The third-order valence-corrected chi connectivity index (χ3v) is 3.70. The molecule has 0 aliphatic carbocycles. The fourth-order valence-corrected chi connectivity index (χ4v) is 2.48. The predicted molar refractivity (Wildman–Crippen MR) is 73.6 cm³/mol. The van der Waals surface area contributed by atoms with Gasteiger partial charge in [0, 0.05) is 49.6 Å². The summed E-state index contributed by atoms with van der Waals surface area (Å²) in [6.07, 6.45) is 4.86. The van der Waals surface area contributed by atoms with E-state index in [9.17, 15) is 5.11 Å². The highest BCUT2D eigenvalue weighted by atomic mass is 16.5. The summed E-state index contributed by atoms with van der Waals surface area (Å²) in [5, 5.41) is 10.7. The number of ether oxygens (including phenoxy) is 1. The van der Waals surface area contributed by atoms with E-state index < -0.39 is 5.60 Å². The van der Waals surface area contributed by atoms with Gasteiger partial charge in [0.2, 0.25) is 0 Å². The van der Waals surface area contributed by atoms with E-state index in [1.54, 1.807) is 6.20 Å². The Morgan fingerprint density at radius 3 is 2.47 bits per heavy atom. The van der Waals surface area contributed by atoms with Crippen molar-refractivity contribution in [2.75, 3.05) is 13.2 Å². The Bertz CT molecular complexity index is 548. The van der Waals surface area contributed by atoms with Crippen LogP contribution in [0.1, 0.15) is 18.4 Å². The van der Waals surface area contributed by atoms with Gasteiger partial charge in [-0.05, 0) is 11.6 Å². The topological polar surface area (TPSA) is 42.4 Å². The van der Waals surface area contributed by atoms with Gasteiger partial charge in [-0.15, -0.1) is 0 Å². The largest absolute Gasteiger partial charge is 0.385 e. The average molecular weight is 255 g/mol. The van der Waals surface area contributed by atoms with Crippen molar-refractivity contribution in [2.24, 2.45) is 0 Å². The SMILES string of the molecule is OC1(c2cncc(-c3ccccc3)c2)CCOCC1. The fourth-order valence-electron chi connectivity index (χ4n) is 2.48. The Labute approximate surface area is 112 Å². The maximum Gasteiger partial charge on any atom is 0.0955 e. The standard InChI is InChI=1S/C16H17NO2/c18-16(6-8-19-9-7-16)15-10-14(11-17-12-15)13-4-2-1-3-5-13/h1-5,10-12,18H,6-9H2. The molecular formula is C16H17NO2. The van der Waals surface area contributed by atoms with Gasteiger partial charge < -0.3 is 9.84 Å². The molecule has 0 unspecified atom stereocenters. The van der Waals surface area contributed by atoms with Crippen LogP contribution in [0.5, 0.6) is 0 Å². The number of hydrogen-bond donors (Lipinski definition) is 1. The lowest BCUT2D eigenvalue weighted by molar-refractivity contribution is -0.0680. The lowest BCUT2D eigenvalue weighted by atomic mass is 9.86. The van der Waals surface area contributed by atoms with Crippen LogP contribution in [0.2, 0.25) is 0 Å². The number of benzene rings is 1. The van der Waals surface area contributed by atoms with Crippen LogP contribution in [0.25, 0.3) is 11.1 Å². The normalized spacial score (nSPS) is 18.2. The van der Waals surface area contributed by atoms with Gasteiger partial charge in [-0.2, -0.15) is 0 Å². The van der Waals surface area contributed by atoms with Crippen LogP contribution >= 0.6 is 0 Å². The van der Waals surface area contributed by atoms with E-state index in [1.165, 1.54) is 0 Å². The molecule has 3 rings (SSSR count). The number of hydrogen-bond acceptors (Lipinski definition) is 3. The highest BCUT2D eigenvalue weighted by Gasteiger charge is 2.32. The highest BCUT2D eigenvalue weighted by molar-refractivity contribution is 5.63. The van der Waals surface area contributed by atoms with Crippen molar-refractivity contribution in [3.8, 4) is 11.1 Å². The lowest BCUT2D eigenvalue weighted by Crippen LogP contribution is -2.33. The fraction of sp³-hybridized carbons (Fsp3) is 0.312. The molecule has 1 aliphatic heterocycles. The summed E-state index contributed by atoms with van der Waals surface area (Å²) in [6.45, 7) is 1.21. The van der Waals surface area contributed by atoms with Crippen molar-refractivity contribution in [1.29, 1.82) is 0 Å². The zero-order chi connectivity index (χ0) is 13.1. The predicted octanol–water partition coefficient (Wildman–Crippen LogP) is 2.75. The molecule has 0 amide bonds. The first kappa shape index (κ1) is 12.3. The minimum atomic E-state index is -0.796. The van der Waals surface area contributed by atoms with Crippen LogP contribution in [0, 0.1) is 0 Å². The number of rotatable bonds is 2. The smallest absolute Gasteiger partial charge is 0.0955 e. The second-order valence-corrected chi connectivity index (χ2v) is 4.97. The summed E-state index contributed by atoms with van der Waals surface area (Å²) in [6, 6.07) is 12.1. The molecule has 3 nitrogen and oxygen atoms in total. The molecule has 1 N–H and O–H groups in total. The van der Waals surface area contributed by atoms with E-state index in [0.717, 1.165) is 16.7 Å². The number of nitrogens with zero attached hydrogens (tertiary/aromatic N) is 1. The summed E-state index contributed by atoms with van der Waals surface area (Å²) in [5.74, 6) is 0. The van der Waals surface area contributed by atoms with Gasteiger partial charge in [-0.3, -0.25) is 4.98 Å². The van der Waals surface area contributed by atoms with Crippen molar-refractivity contribution in [1.82, 2.24) is 4.98 Å². The molecule has 98 valence electrons. The lowest BCUT2D eigenvalue weighted by Gasteiger charge is -2.32. The number of pyridine rings is 1. The molecule has 0 radical (unpaired) electrons. The van der Waals surface area contributed by atoms with Crippen LogP contribution in [-0.2, 0) is 10.3 Å². The summed E-state index contributed by atoms with van der Waals surface area (Å²) in [7, 11) is 0. The molecule has 2 aromatic rings. The molecule has 0 bridgehead atoms. The van der Waals surface area contributed by atoms with Crippen molar-refractivity contribution in [2.45, 2.75) is 18.4 Å². The Kier molecular flexibility index (Phi) is 3.32. The minimum absolute atomic E-state index is 0.603. The summed E-state index contributed by atoms with van der Waals surface area (Å²) in [5.41, 5.74) is 2.25. The van der Waals surface area contributed by atoms with Gasteiger partial charge in [0.25, 0.3) is 0 Å². The van der Waals surface area contributed by atoms with Crippen LogP contribution < -0.4 is 0 Å². The molecule has 19 heavy (non-hydrogen) atoms. The molecule has 1 fully saturated rings. The third-order valence-electron chi connectivity index (χ3n) is 3.70. The monoisotopic (exact) mass is 255 g/mol. The van der Waals surface area contributed by atoms with Gasteiger partial charge >= 0.3 is 0 Å². The molecule has 2 heterocycles. The summed E-state index contributed by atoms with van der Waals surface area (Å²) >= 11 is 0. The first-order chi connectivity index (χ1) is 9.28. The van der Waals surface area contributed by atoms with Gasteiger partial charge in [0.1, 0.15) is 0 Å². The Morgan fingerprint density at radius 2 is 1.74 bits per heavy atom. The van der Waals surface area contributed by atoms with E-state index in [2.05, 4.69) is 17.1 Å². The minimum Gasteiger partial charge on any atom is -0.385 e. The molecule has 0 spiro atoms. The highest BCUT2D eigenvalue weighted by Crippen LogP contribution is 2.33. The van der Waals surface area contributed by atoms with E-state index in [4.69, 9.17) is 4.74 Å². The van der Waals surface area contributed by atoms with Crippen molar-refractivity contribution < 1.29 is 9.84 Å². The molecular weight excluding hydrogens is 238 g/mol. The van der Waals surface area contributed by atoms with Crippen LogP contribution in [-0.4, -0.2) is 23.3 Å². The Morgan fingerprint density at radius 1 is 1.00 bits per heavy atom. The van der Waals surface area contributed by atoms with Crippen LogP contribution in [0.15, 0.2) is 48.8 Å². The molecule has 1 aromatic carbocycles. The molecule has 3 heteroatoms. The van der Waals surface area contributed by atoms with Gasteiger partial charge in [0.15, 0.2) is 0 Å². The maximum atomic E-state index is 10.7. The van der Waals surface area contributed by atoms with Crippen molar-refractivity contribution >= 4 is 0 Å². The van der Waals surface area contributed by atoms with Crippen molar-refractivity contribution in [3.05, 3.63) is 54.4 Å². The van der Waals surface area contributed by atoms with Crippen molar-refractivity contribution in [3.63, 3.8) is 0 Å². The van der Waals surface area contributed by atoms with Gasteiger partial charge in [0.05, 0.1) is 5.60 Å². The molecule has 1 aromatic heterocycles. The van der Waals surface area contributed by atoms with E-state index in [-0.39, 0.29) is 0 Å². The van der Waals surface area contributed by atoms with E-state index in [1.807, 2.05) is 30.5 Å². The zero-order valence-corrected chi connectivity index (χ0v) is 10.7. The second kappa shape index (κ2) is 5.11. The maximum absolute atomic E-state index is 10.7. The van der Waals surface area contributed by atoms with Crippen LogP contribution in [0.4, 0.5) is 0 Å². The Hall–Kier alpha value is -1.71. The molecule has 1 saturated heterocycles. The second-order valence-electron chi connectivity index (χ2n) is 4.97. The number of aliphatic hydroxyl groups is 1. The quantitative estimate of drug-likeness (QED) is 0.897. The first-order valence-corrected chi connectivity index (χ1v) is 6.59. The third kappa shape index (κ3) is 2.53. The van der Waals surface area contributed by atoms with Gasteiger partial charge in [-0.1, -0.05) is 30.3 Å². The Balaban J connectivity index is 1.96. The van der Waals surface area contributed by atoms with E-state index >= 15 is 0 Å². The molecule has 0 atom stereocenters. The molecule has 0 saturated carbocycles. The summed E-state index contributed by atoms with van der Waals surface area (Å²) in [4.78, 5) is 4.28. The summed E-state index contributed by atoms with van der Waals surface area (Å²) < 4.78 is 5.32. The number of aromatic nitrogens is 1. The average Bonchev–Trinajstić information content (AvgIpc) is 2.49. The zero-order valence-electron chi connectivity index (χ0n) is 10.7. The first-order valence-electron chi connectivity index (χ1n) is 6.59.